The maximum absolute atomic E-state index is 12.2. The number of pyridine rings is 1. The number of aromatic nitrogens is 1. The van der Waals surface area contributed by atoms with E-state index >= 15 is 0 Å². The number of nitrogens with one attached hydrogen (secondary N) is 1. The van der Waals surface area contributed by atoms with Crippen molar-refractivity contribution in [2.45, 2.75) is 44.6 Å². The molecule has 2 heterocycles. The van der Waals surface area contributed by atoms with Gasteiger partial charge in [-0.05, 0) is 43.4 Å². The van der Waals surface area contributed by atoms with Crippen LogP contribution in [0, 0.1) is 5.92 Å². The van der Waals surface area contributed by atoms with Crippen LogP contribution >= 0.6 is 0 Å². The van der Waals surface area contributed by atoms with Crippen molar-refractivity contribution in [1.82, 2.24) is 15.2 Å². The van der Waals surface area contributed by atoms with Crippen LogP contribution in [0.4, 0.5) is 4.79 Å². The van der Waals surface area contributed by atoms with Crippen molar-refractivity contribution in [3.8, 4) is 0 Å². The second-order valence-corrected chi connectivity index (χ2v) is 6.17. The number of rotatable bonds is 3. The van der Waals surface area contributed by atoms with Gasteiger partial charge in [0.25, 0.3) is 0 Å². The quantitative estimate of drug-likeness (QED) is 0.920. The summed E-state index contributed by atoms with van der Waals surface area (Å²) in [4.78, 5) is 18.1. The van der Waals surface area contributed by atoms with Crippen LogP contribution in [-0.2, 0) is 0 Å². The second-order valence-electron chi connectivity index (χ2n) is 6.17. The first-order valence-electron chi connectivity index (χ1n) is 7.69. The molecule has 1 aliphatic heterocycles. The van der Waals surface area contributed by atoms with Crippen molar-refractivity contribution in [3.63, 3.8) is 0 Å². The monoisotopic (exact) mass is 273 g/mol. The van der Waals surface area contributed by atoms with Crippen LogP contribution in [0.5, 0.6) is 0 Å². The Hall–Kier alpha value is -1.58. The molecule has 1 aromatic heterocycles. The van der Waals surface area contributed by atoms with E-state index in [1.54, 1.807) is 0 Å². The van der Waals surface area contributed by atoms with Crippen molar-refractivity contribution >= 4 is 6.03 Å². The van der Waals surface area contributed by atoms with Crippen LogP contribution in [0.2, 0.25) is 0 Å². The minimum absolute atomic E-state index is 0.106. The Morgan fingerprint density at radius 2 is 1.95 bits per heavy atom. The fourth-order valence-corrected chi connectivity index (χ4v) is 3.35. The third kappa shape index (κ3) is 2.79. The molecule has 20 heavy (non-hydrogen) atoms. The average molecular weight is 273 g/mol. The molecule has 0 spiro atoms. The van der Waals surface area contributed by atoms with Gasteiger partial charge in [0, 0.05) is 37.4 Å². The Morgan fingerprint density at radius 1 is 1.30 bits per heavy atom. The predicted octanol–water partition coefficient (Wildman–Crippen LogP) is 2.77. The van der Waals surface area contributed by atoms with Crippen LogP contribution in [0.25, 0.3) is 0 Å². The Morgan fingerprint density at radius 3 is 2.60 bits per heavy atom. The van der Waals surface area contributed by atoms with E-state index in [2.05, 4.69) is 17.2 Å². The highest BCUT2D eigenvalue weighted by molar-refractivity contribution is 5.75. The number of carbonyl (C=O) groups is 1. The number of hydrogen-bond acceptors (Lipinski definition) is 2. The van der Waals surface area contributed by atoms with Crippen molar-refractivity contribution < 1.29 is 4.79 Å². The maximum Gasteiger partial charge on any atom is 0.317 e. The lowest BCUT2D eigenvalue weighted by Crippen LogP contribution is -2.54. The van der Waals surface area contributed by atoms with Crippen LogP contribution in [0.15, 0.2) is 24.5 Å². The van der Waals surface area contributed by atoms with E-state index in [0.29, 0.717) is 17.9 Å². The van der Waals surface area contributed by atoms with E-state index in [0.717, 1.165) is 13.1 Å². The fraction of sp³-hybridized carbons (Fsp3) is 0.625. The lowest BCUT2D eigenvalue weighted by molar-refractivity contribution is 0.145. The van der Waals surface area contributed by atoms with Crippen molar-refractivity contribution in [1.29, 1.82) is 0 Å². The summed E-state index contributed by atoms with van der Waals surface area (Å²) in [7, 11) is 0. The van der Waals surface area contributed by atoms with Crippen molar-refractivity contribution in [2.24, 2.45) is 5.92 Å². The molecule has 108 valence electrons. The van der Waals surface area contributed by atoms with Crippen LogP contribution in [0.1, 0.15) is 44.1 Å². The molecular weight excluding hydrogens is 250 g/mol. The van der Waals surface area contributed by atoms with Gasteiger partial charge in [-0.25, -0.2) is 4.79 Å². The standard InChI is InChI=1S/C16H23N3O/c1-12(13-4-2-3-5-13)18-16(20)19-10-15(11-19)14-6-8-17-9-7-14/h6-9,12-13,15H,2-5,10-11H2,1H3,(H,18,20)/t12-/m1/s1. The Kier molecular flexibility index (Phi) is 3.90. The lowest BCUT2D eigenvalue weighted by atomic mass is 9.92. The number of likely N-dealkylation sites (tertiary alicyclic amines) is 1. The zero-order chi connectivity index (χ0) is 13.9. The normalized spacial score (nSPS) is 21.6. The van der Waals surface area contributed by atoms with Gasteiger partial charge in [0.05, 0.1) is 0 Å². The predicted molar refractivity (Wildman–Crippen MR) is 78.5 cm³/mol. The van der Waals surface area contributed by atoms with Crippen LogP contribution < -0.4 is 5.32 Å². The molecule has 1 N–H and O–H groups in total. The van der Waals surface area contributed by atoms with Gasteiger partial charge in [0.15, 0.2) is 0 Å². The molecule has 2 amide bonds. The fourth-order valence-electron chi connectivity index (χ4n) is 3.35. The topological polar surface area (TPSA) is 45.2 Å². The van der Waals surface area contributed by atoms with E-state index in [-0.39, 0.29) is 6.03 Å². The Bertz CT molecular complexity index is 450. The molecule has 2 fully saturated rings. The smallest absolute Gasteiger partial charge is 0.317 e. The molecule has 1 aliphatic carbocycles. The number of carbonyl (C=O) groups excluding carboxylic acids is 1. The molecule has 3 rings (SSSR count). The zero-order valence-corrected chi connectivity index (χ0v) is 12.1. The van der Waals surface area contributed by atoms with E-state index in [9.17, 15) is 4.79 Å². The Balaban J connectivity index is 1.46. The molecule has 4 nitrogen and oxygen atoms in total. The summed E-state index contributed by atoms with van der Waals surface area (Å²) in [5.74, 6) is 1.15. The summed E-state index contributed by atoms with van der Waals surface area (Å²) in [5, 5.41) is 3.17. The molecule has 1 atom stereocenters. The SMILES string of the molecule is C[C@@H](NC(=O)N1CC(c2ccncc2)C1)C1CCCC1. The first kappa shape index (κ1) is 13.4. The second kappa shape index (κ2) is 5.81. The summed E-state index contributed by atoms with van der Waals surface area (Å²) in [6.07, 6.45) is 8.81. The van der Waals surface area contributed by atoms with Gasteiger partial charge >= 0.3 is 6.03 Å². The number of hydrogen-bond donors (Lipinski definition) is 1. The van der Waals surface area contributed by atoms with Crippen molar-refractivity contribution in [2.75, 3.05) is 13.1 Å². The van der Waals surface area contributed by atoms with Gasteiger partial charge in [-0.3, -0.25) is 4.98 Å². The molecule has 4 heteroatoms. The zero-order valence-electron chi connectivity index (χ0n) is 12.1. The number of nitrogens with zero attached hydrogens (tertiary/aromatic N) is 2. The molecule has 1 aromatic rings. The van der Waals surface area contributed by atoms with Gasteiger partial charge < -0.3 is 10.2 Å². The van der Waals surface area contributed by atoms with E-state index < -0.39 is 0 Å². The van der Waals surface area contributed by atoms with Gasteiger partial charge in [0.2, 0.25) is 0 Å². The minimum Gasteiger partial charge on any atom is -0.335 e. The summed E-state index contributed by atoms with van der Waals surface area (Å²) in [6.45, 7) is 3.80. The number of urea groups is 1. The summed E-state index contributed by atoms with van der Waals surface area (Å²) in [5.41, 5.74) is 1.29. The molecule has 0 aromatic carbocycles. The largest absolute Gasteiger partial charge is 0.335 e. The van der Waals surface area contributed by atoms with Gasteiger partial charge in [-0.15, -0.1) is 0 Å². The summed E-state index contributed by atoms with van der Waals surface area (Å²) < 4.78 is 0. The third-order valence-electron chi connectivity index (χ3n) is 4.80. The molecular formula is C16H23N3O. The van der Waals surface area contributed by atoms with E-state index in [1.165, 1.54) is 31.2 Å². The first-order valence-corrected chi connectivity index (χ1v) is 7.69. The first-order chi connectivity index (χ1) is 9.74. The van der Waals surface area contributed by atoms with Crippen LogP contribution in [0.3, 0.4) is 0 Å². The molecule has 1 saturated carbocycles. The molecule has 2 aliphatic rings. The maximum atomic E-state index is 12.2. The molecule has 0 unspecified atom stereocenters. The minimum atomic E-state index is 0.106. The van der Waals surface area contributed by atoms with Crippen molar-refractivity contribution in [3.05, 3.63) is 30.1 Å². The summed E-state index contributed by atoms with van der Waals surface area (Å²) >= 11 is 0. The highest BCUT2D eigenvalue weighted by Crippen LogP contribution is 2.29. The van der Waals surface area contributed by atoms with Crippen LogP contribution in [-0.4, -0.2) is 35.0 Å². The average Bonchev–Trinajstić information content (AvgIpc) is 2.92. The van der Waals surface area contributed by atoms with Gasteiger partial charge in [0.1, 0.15) is 0 Å². The molecule has 1 saturated heterocycles. The molecule has 0 radical (unpaired) electrons. The lowest BCUT2D eigenvalue weighted by Gasteiger charge is -2.40. The van der Waals surface area contributed by atoms with E-state index in [4.69, 9.17) is 0 Å². The number of amides is 2. The summed E-state index contributed by atoms with van der Waals surface area (Å²) in [6, 6.07) is 4.50. The highest BCUT2D eigenvalue weighted by Gasteiger charge is 2.33. The van der Waals surface area contributed by atoms with Gasteiger partial charge in [-0.1, -0.05) is 12.8 Å². The van der Waals surface area contributed by atoms with E-state index in [1.807, 2.05) is 29.4 Å². The highest BCUT2D eigenvalue weighted by atomic mass is 16.2. The van der Waals surface area contributed by atoms with Gasteiger partial charge in [-0.2, -0.15) is 0 Å². The Labute approximate surface area is 120 Å². The third-order valence-corrected chi connectivity index (χ3v) is 4.80. The molecule has 0 bridgehead atoms.